The summed E-state index contributed by atoms with van der Waals surface area (Å²) in [5.41, 5.74) is 1.05. The fraction of sp³-hybridized carbons (Fsp3) is 0.364. The Bertz CT molecular complexity index is 455. The summed E-state index contributed by atoms with van der Waals surface area (Å²) in [5.74, 6) is 1.12. The highest BCUT2D eigenvalue weighted by Crippen LogP contribution is 2.10. The van der Waals surface area contributed by atoms with Crippen LogP contribution in [0.2, 0.25) is 0 Å². The molecule has 17 heavy (non-hydrogen) atoms. The maximum absolute atomic E-state index is 5.48. The van der Waals surface area contributed by atoms with Crippen LogP contribution < -0.4 is 10.1 Å². The maximum atomic E-state index is 5.48. The number of hydrogen-bond donors (Lipinski definition) is 2. The summed E-state index contributed by atoms with van der Waals surface area (Å²) >= 11 is 0. The van der Waals surface area contributed by atoms with Crippen molar-refractivity contribution >= 4 is 5.95 Å². The number of aromatic nitrogens is 4. The molecule has 2 rings (SSSR count). The Labute approximate surface area is 99.4 Å². The first kappa shape index (κ1) is 11.4. The van der Waals surface area contributed by atoms with Gasteiger partial charge in [0, 0.05) is 30.6 Å². The zero-order chi connectivity index (χ0) is 12.1. The molecule has 2 heterocycles. The molecule has 0 amide bonds. The predicted octanol–water partition coefficient (Wildman–Crippen LogP) is 1.60. The minimum absolute atomic E-state index is 0.103. The molecule has 2 aromatic heterocycles. The molecule has 0 saturated carbocycles. The first-order chi connectivity index (χ1) is 8.24. The Kier molecular flexibility index (Phi) is 3.54. The van der Waals surface area contributed by atoms with E-state index in [4.69, 9.17) is 4.74 Å². The molecule has 0 spiro atoms. The summed E-state index contributed by atoms with van der Waals surface area (Å²) in [4.78, 5) is 8.35. The van der Waals surface area contributed by atoms with Crippen molar-refractivity contribution in [3.8, 4) is 5.88 Å². The first-order valence-electron chi connectivity index (χ1n) is 5.45. The van der Waals surface area contributed by atoms with E-state index in [0.29, 0.717) is 18.4 Å². The van der Waals surface area contributed by atoms with E-state index in [0.717, 1.165) is 5.56 Å². The molecule has 0 aliphatic rings. The van der Waals surface area contributed by atoms with E-state index >= 15 is 0 Å². The van der Waals surface area contributed by atoms with Crippen LogP contribution in [0, 0.1) is 0 Å². The highest BCUT2D eigenvalue weighted by Gasteiger charge is 2.02. The van der Waals surface area contributed by atoms with E-state index in [1.807, 2.05) is 20.0 Å². The molecule has 0 radical (unpaired) electrons. The van der Waals surface area contributed by atoms with E-state index < -0.39 is 0 Å². The van der Waals surface area contributed by atoms with Crippen LogP contribution in [0.4, 0.5) is 5.95 Å². The Morgan fingerprint density at radius 1 is 1.47 bits per heavy atom. The van der Waals surface area contributed by atoms with Gasteiger partial charge in [0.1, 0.15) is 0 Å². The lowest BCUT2D eigenvalue weighted by Gasteiger charge is -2.09. The van der Waals surface area contributed by atoms with Gasteiger partial charge in [0.25, 0.3) is 0 Å². The first-order valence-corrected chi connectivity index (χ1v) is 5.45. The van der Waals surface area contributed by atoms with E-state index in [1.165, 1.54) is 0 Å². The Morgan fingerprint density at radius 3 is 3.06 bits per heavy atom. The van der Waals surface area contributed by atoms with E-state index in [-0.39, 0.29) is 6.10 Å². The molecule has 0 bridgehead atoms. The second-order valence-corrected chi connectivity index (χ2v) is 3.85. The number of anilines is 1. The highest BCUT2D eigenvalue weighted by atomic mass is 16.5. The minimum Gasteiger partial charge on any atom is -0.475 e. The lowest BCUT2D eigenvalue weighted by molar-refractivity contribution is 0.232. The number of H-pyrrole nitrogens is 1. The number of nitrogens with one attached hydrogen (secondary N) is 2. The summed E-state index contributed by atoms with van der Waals surface area (Å²) in [6.07, 6.45) is 5.34. The third-order valence-electron chi connectivity index (χ3n) is 1.99. The van der Waals surface area contributed by atoms with E-state index in [1.54, 1.807) is 18.5 Å². The van der Waals surface area contributed by atoms with Gasteiger partial charge in [-0.3, -0.25) is 5.10 Å². The van der Waals surface area contributed by atoms with Crippen molar-refractivity contribution in [2.75, 3.05) is 5.32 Å². The molecular weight excluding hydrogens is 218 g/mol. The van der Waals surface area contributed by atoms with Crippen LogP contribution in [0.5, 0.6) is 5.88 Å². The van der Waals surface area contributed by atoms with Gasteiger partial charge in [-0.1, -0.05) is 0 Å². The second-order valence-electron chi connectivity index (χ2n) is 3.85. The summed E-state index contributed by atoms with van der Waals surface area (Å²) < 4.78 is 5.48. The number of rotatable bonds is 5. The van der Waals surface area contributed by atoms with Gasteiger partial charge in [-0.2, -0.15) is 10.1 Å². The molecule has 0 aliphatic carbocycles. The van der Waals surface area contributed by atoms with Gasteiger partial charge >= 0.3 is 0 Å². The smallest absolute Gasteiger partial charge is 0.226 e. The molecule has 2 aromatic rings. The summed E-state index contributed by atoms with van der Waals surface area (Å²) in [6, 6.07) is 1.74. The fourth-order valence-corrected chi connectivity index (χ4v) is 1.29. The van der Waals surface area contributed by atoms with Crippen LogP contribution in [0.1, 0.15) is 19.4 Å². The molecule has 0 atom stereocenters. The SMILES string of the molecule is CC(C)Oc1ccnc(NCc2cn[nH]c2)n1. The number of aromatic amines is 1. The third kappa shape index (κ3) is 3.44. The van der Waals surface area contributed by atoms with Crippen molar-refractivity contribution in [3.63, 3.8) is 0 Å². The molecule has 90 valence electrons. The maximum Gasteiger partial charge on any atom is 0.226 e. The van der Waals surface area contributed by atoms with Crippen molar-refractivity contribution in [1.29, 1.82) is 0 Å². The topological polar surface area (TPSA) is 75.7 Å². The van der Waals surface area contributed by atoms with Gasteiger partial charge in [-0.25, -0.2) is 4.98 Å². The molecule has 0 unspecified atom stereocenters. The molecule has 6 heteroatoms. The lowest BCUT2D eigenvalue weighted by Crippen LogP contribution is -2.09. The average molecular weight is 233 g/mol. The number of hydrogen-bond acceptors (Lipinski definition) is 5. The van der Waals surface area contributed by atoms with Crippen molar-refractivity contribution in [2.24, 2.45) is 0 Å². The van der Waals surface area contributed by atoms with Gasteiger partial charge in [-0.15, -0.1) is 0 Å². The zero-order valence-corrected chi connectivity index (χ0v) is 9.84. The van der Waals surface area contributed by atoms with Gasteiger partial charge in [-0.05, 0) is 13.8 Å². The molecule has 0 aliphatic heterocycles. The third-order valence-corrected chi connectivity index (χ3v) is 1.99. The molecule has 0 fully saturated rings. The summed E-state index contributed by atoms with van der Waals surface area (Å²) in [6.45, 7) is 4.54. The second kappa shape index (κ2) is 5.29. The molecular formula is C11H15N5O. The van der Waals surface area contributed by atoms with Gasteiger partial charge in [0.2, 0.25) is 11.8 Å². The molecule has 2 N–H and O–H groups in total. The van der Waals surface area contributed by atoms with Gasteiger partial charge in [0.15, 0.2) is 0 Å². The lowest BCUT2D eigenvalue weighted by atomic mass is 10.4. The van der Waals surface area contributed by atoms with E-state index in [9.17, 15) is 0 Å². The normalized spacial score (nSPS) is 10.5. The number of nitrogens with zero attached hydrogens (tertiary/aromatic N) is 3. The summed E-state index contributed by atoms with van der Waals surface area (Å²) in [5, 5.41) is 9.71. The molecule has 0 saturated heterocycles. The molecule has 0 aromatic carbocycles. The van der Waals surface area contributed by atoms with Crippen LogP contribution >= 0.6 is 0 Å². The number of ether oxygens (including phenoxy) is 1. The summed E-state index contributed by atoms with van der Waals surface area (Å²) in [7, 11) is 0. The van der Waals surface area contributed by atoms with Crippen LogP contribution in [-0.4, -0.2) is 26.3 Å². The van der Waals surface area contributed by atoms with Crippen LogP contribution in [0.3, 0.4) is 0 Å². The van der Waals surface area contributed by atoms with Gasteiger partial charge < -0.3 is 10.1 Å². The standard InChI is InChI=1S/C11H15N5O/c1-8(2)17-10-3-4-12-11(16-10)13-5-9-6-14-15-7-9/h3-4,6-8H,5H2,1-2H3,(H,14,15)(H,12,13,16). The highest BCUT2D eigenvalue weighted by molar-refractivity contribution is 5.28. The Hall–Kier alpha value is -2.11. The monoisotopic (exact) mass is 233 g/mol. The average Bonchev–Trinajstić information content (AvgIpc) is 2.79. The fourth-order valence-electron chi connectivity index (χ4n) is 1.29. The van der Waals surface area contributed by atoms with Gasteiger partial charge in [0.05, 0.1) is 12.3 Å². The van der Waals surface area contributed by atoms with Crippen LogP contribution in [0.25, 0.3) is 0 Å². The Morgan fingerprint density at radius 2 is 2.35 bits per heavy atom. The largest absolute Gasteiger partial charge is 0.475 e. The predicted molar refractivity (Wildman–Crippen MR) is 63.7 cm³/mol. The molecule has 6 nitrogen and oxygen atoms in total. The minimum atomic E-state index is 0.103. The van der Waals surface area contributed by atoms with Crippen molar-refractivity contribution < 1.29 is 4.74 Å². The van der Waals surface area contributed by atoms with Crippen molar-refractivity contribution in [3.05, 3.63) is 30.2 Å². The van der Waals surface area contributed by atoms with Crippen LogP contribution in [0.15, 0.2) is 24.7 Å². The Balaban J connectivity index is 1.96. The van der Waals surface area contributed by atoms with Crippen molar-refractivity contribution in [2.45, 2.75) is 26.5 Å². The quantitative estimate of drug-likeness (QED) is 0.820. The van der Waals surface area contributed by atoms with E-state index in [2.05, 4.69) is 25.5 Å². The van der Waals surface area contributed by atoms with Crippen molar-refractivity contribution in [1.82, 2.24) is 20.2 Å². The van der Waals surface area contributed by atoms with Crippen LogP contribution in [-0.2, 0) is 6.54 Å². The zero-order valence-electron chi connectivity index (χ0n) is 9.84.